The highest BCUT2D eigenvalue weighted by atomic mass is 127. The average molecular weight is 326 g/mol. The third-order valence-corrected chi connectivity index (χ3v) is 2.31. The Morgan fingerprint density at radius 2 is 2.07 bits per heavy atom. The molecular formula is C10H13ClINO. The van der Waals surface area contributed by atoms with Crippen molar-refractivity contribution in [3.05, 3.63) is 21.0 Å². The predicted molar refractivity (Wildman–Crippen MR) is 66.9 cm³/mol. The Morgan fingerprint density at radius 1 is 1.43 bits per heavy atom. The lowest BCUT2D eigenvalue weighted by Gasteiger charge is -2.19. The van der Waals surface area contributed by atoms with Crippen LogP contribution in [0.3, 0.4) is 0 Å². The summed E-state index contributed by atoms with van der Waals surface area (Å²) < 4.78 is 6.43. The summed E-state index contributed by atoms with van der Waals surface area (Å²) in [7, 11) is 0. The molecule has 14 heavy (non-hydrogen) atoms. The summed E-state index contributed by atoms with van der Waals surface area (Å²) >= 11 is 8.03. The van der Waals surface area contributed by atoms with Crippen molar-refractivity contribution in [2.24, 2.45) is 5.41 Å². The van der Waals surface area contributed by atoms with Gasteiger partial charge in [0.05, 0.1) is 6.61 Å². The number of nitrogens with zero attached hydrogens (tertiary/aromatic N) is 1. The Bertz CT molecular complexity index is 322. The van der Waals surface area contributed by atoms with Crippen LogP contribution in [0.2, 0.25) is 5.15 Å². The van der Waals surface area contributed by atoms with E-state index in [4.69, 9.17) is 16.3 Å². The van der Waals surface area contributed by atoms with Crippen LogP contribution in [0.1, 0.15) is 20.8 Å². The fourth-order valence-electron chi connectivity index (χ4n) is 0.801. The van der Waals surface area contributed by atoms with Crippen molar-refractivity contribution in [2.45, 2.75) is 20.8 Å². The Labute approximate surface area is 103 Å². The minimum absolute atomic E-state index is 0.131. The van der Waals surface area contributed by atoms with E-state index in [1.54, 1.807) is 0 Å². The van der Waals surface area contributed by atoms with E-state index >= 15 is 0 Å². The van der Waals surface area contributed by atoms with Crippen LogP contribution in [0.4, 0.5) is 0 Å². The number of hydrogen-bond acceptors (Lipinski definition) is 2. The van der Waals surface area contributed by atoms with E-state index in [9.17, 15) is 0 Å². The van der Waals surface area contributed by atoms with E-state index in [-0.39, 0.29) is 5.41 Å². The Hall–Kier alpha value is -0.0300. The zero-order valence-corrected chi connectivity index (χ0v) is 11.4. The Kier molecular flexibility index (Phi) is 4.01. The second-order valence-electron chi connectivity index (χ2n) is 4.27. The number of halogens is 2. The fraction of sp³-hybridized carbons (Fsp3) is 0.500. The first-order valence-corrected chi connectivity index (χ1v) is 5.79. The first kappa shape index (κ1) is 12.0. The normalized spacial score (nSPS) is 11.5. The monoisotopic (exact) mass is 325 g/mol. The van der Waals surface area contributed by atoms with Gasteiger partial charge in [-0.15, -0.1) is 0 Å². The molecule has 1 rings (SSSR count). The maximum atomic E-state index is 5.92. The molecule has 1 aromatic heterocycles. The molecule has 2 nitrogen and oxygen atoms in total. The Balaban J connectivity index is 2.68. The summed E-state index contributed by atoms with van der Waals surface area (Å²) in [5, 5.41) is 0.432. The summed E-state index contributed by atoms with van der Waals surface area (Å²) in [6.07, 6.45) is 0. The molecule has 0 N–H and O–H groups in total. The molecule has 0 unspecified atom stereocenters. The van der Waals surface area contributed by atoms with Gasteiger partial charge in [-0.2, -0.15) is 0 Å². The zero-order chi connectivity index (χ0) is 10.8. The first-order chi connectivity index (χ1) is 6.38. The van der Waals surface area contributed by atoms with Crippen LogP contribution >= 0.6 is 34.2 Å². The van der Waals surface area contributed by atoms with Gasteiger partial charge in [-0.3, -0.25) is 0 Å². The second kappa shape index (κ2) is 4.66. The number of ether oxygens (including phenoxy) is 1. The molecule has 0 radical (unpaired) electrons. The quantitative estimate of drug-likeness (QED) is 0.610. The Morgan fingerprint density at radius 3 is 2.57 bits per heavy atom. The van der Waals surface area contributed by atoms with Crippen molar-refractivity contribution >= 4 is 34.2 Å². The molecule has 0 fully saturated rings. The summed E-state index contributed by atoms with van der Waals surface area (Å²) in [5.41, 5.74) is 0.131. The molecule has 0 aliphatic carbocycles. The van der Waals surface area contributed by atoms with Crippen molar-refractivity contribution in [1.29, 1.82) is 0 Å². The average Bonchev–Trinajstić information content (AvgIpc) is 2.00. The summed E-state index contributed by atoms with van der Waals surface area (Å²) in [4.78, 5) is 4.10. The van der Waals surface area contributed by atoms with Gasteiger partial charge in [0.2, 0.25) is 0 Å². The van der Waals surface area contributed by atoms with E-state index in [2.05, 4.69) is 48.3 Å². The van der Waals surface area contributed by atoms with Crippen LogP contribution in [0.15, 0.2) is 12.1 Å². The third kappa shape index (κ3) is 4.00. The fourth-order valence-corrected chi connectivity index (χ4v) is 1.57. The van der Waals surface area contributed by atoms with Crippen molar-refractivity contribution in [2.75, 3.05) is 6.61 Å². The number of rotatable bonds is 2. The highest BCUT2D eigenvalue weighted by Crippen LogP contribution is 2.25. The van der Waals surface area contributed by atoms with E-state index in [0.717, 1.165) is 3.70 Å². The maximum absolute atomic E-state index is 5.92. The largest absolute Gasteiger partial charge is 0.490 e. The van der Waals surface area contributed by atoms with Gasteiger partial charge in [-0.05, 0) is 40.1 Å². The minimum Gasteiger partial charge on any atom is -0.490 e. The minimum atomic E-state index is 0.131. The molecule has 78 valence electrons. The van der Waals surface area contributed by atoms with Gasteiger partial charge >= 0.3 is 0 Å². The van der Waals surface area contributed by atoms with Crippen molar-refractivity contribution in [3.8, 4) is 5.75 Å². The van der Waals surface area contributed by atoms with E-state index < -0.39 is 0 Å². The number of pyridine rings is 1. The smallest absolute Gasteiger partial charge is 0.172 e. The molecule has 0 spiro atoms. The molecule has 0 amide bonds. The van der Waals surface area contributed by atoms with Crippen LogP contribution < -0.4 is 4.74 Å². The van der Waals surface area contributed by atoms with Crippen LogP contribution in [-0.2, 0) is 0 Å². The molecule has 0 atom stereocenters. The van der Waals surface area contributed by atoms with E-state index in [0.29, 0.717) is 17.5 Å². The van der Waals surface area contributed by atoms with Crippen LogP contribution in [0, 0.1) is 9.12 Å². The highest BCUT2D eigenvalue weighted by molar-refractivity contribution is 14.1. The molecule has 0 aromatic carbocycles. The van der Waals surface area contributed by atoms with Gasteiger partial charge in [0, 0.05) is 0 Å². The summed E-state index contributed by atoms with van der Waals surface area (Å²) in [5.74, 6) is 0.655. The topological polar surface area (TPSA) is 22.1 Å². The van der Waals surface area contributed by atoms with Crippen molar-refractivity contribution in [1.82, 2.24) is 4.98 Å². The SMILES string of the molecule is CC(C)(C)COc1ccc(I)nc1Cl. The molecule has 0 bridgehead atoms. The first-order valence-electron chi connectivity index (χ1n) is 4.33. The van der Waals surface area contributed by atoms with Gasteiger partial charge in [0.25, 0.3) is 0 Å². The molecule has 1 heterocycles. The predicted octanol–water partition coefficient (Wildman–Crippen LogP) is 3.76. The zero-order valence-electron chi connectivity index (χ0n) is 8.47. The highest BCUT2D eigenvalue weighted by Gasteiger charge is 2.12. The van der Waals surface area contributed by atoms with Gasteiger partial charge in [-0.1, -0.05) is 32.4 Å². The van der Waals surface area contributed by atoms with Crippen LogP contribution in [0.25, 0.3) is 0 Å². The number of hydrogen-bond donors (Lipinski definition) is 0. The molecule has 0 aliphatic rings. The van der Waals surface area contributed by atoms with Crippen molar-refractivity contribution < 1.29 is 4.74 Å². The van der Waals surface area contributed by atoms with Crippen LogP contribution in [-0.4, -0.2) is 11.6 Å². The van der Waals surface area contributed by atoms with Gasteiger partial charge in [-0.25, -0.2) is 4.98 Å². The van der Waals surface area contributed by atoms with Gasteiger partial charge < -0.3 is 4.74 Å². The number of aromatic nitrogens is 1. The lowest BCUT2D eigenvalue weighted by atomic mass is 9.99. The lowest BCUT2D eigenvalue weighted by molar-refractivity contribution is 0.197. The molecule has 1 aromatic rings. The van der Waals surface area contributed by atoms with Crippen molar-refractivity contribution in [3.63, 3.8) is 0 Å². The molecule has 0 saturated heterocycles. The van der Waals surface area contributed by atoms with E-state index in [1.165, 1.54) is 0 Å². The second-order valence-corrected chi connectivity index (χ2v) is 5.74. The maximum Gasteiger partial charge on any atom is 0.172 e. The van der Waals surface area contributed by atoms with Gasteiger partial charge in [0.1, 0.15) is 3.70 Å². The molecule has 0 saturated carbocycles. The lowest BCUT2D eigenvalue weighted by Crippen LogP contribution is -2.17. The molecular weight excluding hydrogens is 312 g/mol. The molecule has 0 aliphatic heterocycles. The van der Waals surface area contributed by atoms with Gasteiger partial charge in [0.15, 0.2) is 10.9 Å². The summed E-state index contributed by atoms with van der Waals surface area (Å²) in [6, 6.07) is 3.73. The summed E-state index contributed by atoms with van der Waals surface area (Å²) in [6.45, 7) is 6.97. The van der Waals surface area contributed by atoms with Crippen LogP contribution in [0.5, 0.6) is 5.75 Å². The van der Waals surface area contributed by atoms with E-state index in [1.807, 2.05) is 12.1 Å². The molecule has 4 heteroatoms. The third-order valence-electron chi connectivity index (χ3n) is 1.44. The standard InChI is InChI=1S/C10H13ClINO/c1-10(2,3)6-14-7-4-5-8(12)13-9(7)11/h4-5H,6H2,1-3H3.